The van der Waals surface area contributed by atoms with Crippen LogP contribution in [-0.2, 0) is 6.61 Å². The maximum absolute atomic E-state index is 13.9. The van der Waals surface area contributed by atoms with Crippen molar-refractivity contribution in [1.29, 1.82) is 0 Å². The van der Waals surface area contributed by atoms with Crippen molar-refractivity contribution in [3.05, 3.63) is 64.1 Å². The van der Waals surface area contributed by atoms with Crippen LogP contribution in [-0.4, -0.2) is 27.4 Å². The van der Waals surface area contributed by atoms with Crippen molar-refractivity contribution in [3.8, 4) is 5.75 Å². The predicted octanol–water partition coefficient (Wildman–Crippen LogP) is 5.19. The molecule has 2 heterocycles. The zero-order valence-electron chi connectivity index (χ0n) is 17.2. The van der Waals surface area contributed by atoms with Crippen LogP contribution in [0.5, 0.6) is 5.75 Å². The van der Waals surface area contributed by atoms with Gasteiger partial charge < -0.3 is 10.5 Å². The molecule has 166 valence electrons. The molecule has 1 atom stereocenters. The highest BCUT2D eigenvalue weighted by Crippen LogP contribution is 2.29. The van der Waals surface area contributed by atoms with Crippen LogP contribution in [0.2, 0.25) is 5.02 Å². The van der Waals surface area contributed by atoms with E-state index in [2.05, 4.69) is 4.98 Å². The average Bonchev–Trinajstić information content (AvgIpc) is 3.01. The third kappa shape index (κ3) is 5.19. The Bertz CT molecular complexity index is 1090. The van der Waals surface area contributed by atoms with E-state index in [9.17, 15) is 18.0 Å². The van der Waals surface area contributed by atoms with Gasteiger partial charge in [0.1, 0.15) is 23.9 Å². The Morgan fingerprint density at radius 2 is 1.97 bits per heavy atom. The summed E-state index contributed by atoms with van der Waals surface area (Å²) in [6, 6.07) is 5.01. The molecule has 3 aromatic rings. The minimum atomic E-state index is -0.797. The number of aryl methyl sites for hydroxylation is 1. The molecule has 5 nitrogen and oxygen atoms in total. The number of fused-ring (bicyclic) bond motifs is 1. The first-order valence-electron chi connectivity index (χ1n) is 9.75. The van der Waals surface area contributed by atoms with Gasteiger partial charge in [-0.05, 0) is 38.8 Å². The zero-order valence-corrected chi connectivity index (χ0v) is 18.0. The van der Waals surface area contributed by atoms with E-state index >= 15 is 0 Å². The number of aromatic nitrogens is 2. The number of carbonyl (C=O) groups is 1. The second-order valence-corrected chi connectivity index (χ2v) is 8.20. The van der Waals surface area contributed by atoms with Gasteiger partial charge >= 0.3 is 0 Å². The van der Waals surface area contributed by atoms with E-state index in [-0.39, 0.29) is 41.6 Å². The summed E-state index contributed by atoms with van der Waals surface area (Å²) in [6.45, 7) is 2.43. The number of pyridine rings is 1. The van der Waals surface area contributed by atoms with E-state index in [1.54, 1.807) is 13.8 Å². The van der Waals surface area contributed by atoms with Crippen LogP contribution in [0, 0.1) is 18.6 Å². The highest BCUT2D eigenvalue weighted by molar-refractivity contribution is 6.30. The fourth-order valence-electron chi connectivity index (χ4n) is 3.32. The minimum Gasteiger partial charge on any atom is -0.485 e. The summed E-state index contributed by atoms with van der Waals surface area (Å²) in [5, 5.41) is 0.254. The van der Waals surface area contributed by atoms with Gasteiger partial charge in [0.2, 0.25) is 0 Å². The second-order valence-electron chi connectivity index (χ2n) is 7.77. The molecule has 0 saturated carbocycles. The van der Waals surface area contributed by atoms with Gasteiger partial charge in [0.05, 0.1) is 23.0 Å². The molecule has 0 fully saturated rings. The summed E-state index contributed by atoms with van der Waals surface area (Å²) in [5.74, 6) is -1.51. The van der Waals surface area contributed by atoms with Gasteiger partial charge in [-0.2, -0.15) is 0 Å². The van der Waals surface area contributed by atoms with Gasteiger partial charge in [-0.15, -0.1) is 0 Å². The van der Waals surface area contributed by atoms with E-state index in [1.165, 1.54) is 22.7 Å². The Balaban J connectivity index is 1.90. The topological polar surface area (TPSA) is 69.6 Å². The van der Waals surface area contributed by atoms with Crippen LogP contribution >= 0.6 is 11.6 Å². The largest absolute Gasteiger partial charge is 0.485 e. The average molecular weight is 454 g/mol. The smallest absolute Gasteiger partial charge is 0.181 e. The van der Waals surface area contributed by atoms with Crippen molar-refractivity contribution in [3.63, 3.8) is 0 Å². The Morgan fingerprint density at radius 1 is 1.29 bits per heavy atom. The normalized spacial score (nSPS) is 13.4. The molecule has 0 saturated heterocycles. The van der Waals surface area contributed by atoms with Crippen LogP contribution in [0.4, 0.5) is 13.2 Å². The van der Waals surface area contributed by atoms with Crippen LogP contribution < -0.4 is 10.5 Å². The molecule has 0 bridgehead atoms. The molecule has 0 radical (unpaired) electrons. The molecule has 2 aromatic heterocycles. The number of imidazole rings is 1. The molecule has 1 unspecified atom stereocenters. The maximum Gasteiger partial charge on any atom is 0.181 e. The standard InChI is InChI=1S/C22H23ClF3N3O2/c1-13-20(18(30)6-7-22(2,27)8-9-24)29-11-14(23)10-19(21(29)28-13)31-12-15-16(25)4-3-5-17(15)26/h3-5,10-11H,6-9,12,27H2,1-2H3. The number of hydrogen-bond acceptors (Lipinski definition) is 4. The number of nitrogens with zero attached hydrogens (tertiary/aromatic N) is 2. The Labute approximate surface area is 183 Å². The lowest BCUT2D eigenvalue weighted by molar-refractivity contribution is 0.0963. The minimum absolute atomic E-state index is 0.102. The molecular formula is C22H23ClF3N3O2. The lowest BCUT2D eigenvalue weighted by Gasteiger charge is -2.22. The number of carbonyl (C=O) groups excluding carboxylic acids is 1. The Morgan fingerprint density at radius 3 is 2.61 bits per heavy atom. The summed E-state index contributed by atoms with van der Waals surface area (Å²) in [4.78, 5) is 17.3. The van der Waals surface area contributed by atoms with Gasteiger partial charge in [0.15, 0.2) is 17.2 Å². The van der Waals surface area contributed by atoms with Gasteiger partial charge in [-0.3, -0.25) is 13.6 Å². The van der Waals surface area contributed by atoms with Crippen molar-refractivity contribution in [2.45, 2.75) is 45.3 Å². The van der Waals surface area contributed by atoms with Gasteiger partial charge in [-0.25, -0.2) is 13.8 Å². The molecule has 9 heteroatoms. The summed E-state index contributed by atoms with van der Waals surface area (Å²) >= 11 is 6.20. The molecule has 0 aliphatic carbocycles. The molecule has 1 aromatic carbocycles. The molecule has 0 amide bonds. The third-order valence-corrected chi connectivity index (χ3v) is 5.32. The summed E-state index contributed by atoms with van der Waals surface area (Å²) in [5.41, 5.74) is 6.04. The van der Waals surface area contributed by atoms with E-state index in [1.807, 2.05) is 0 Å². The van der Waals surface area contributed by atoms with E-state index in [0.29, 0.717) is 23.5 Å². The summed E-state index contributed by atoms with van der Waals surface area (Å²) < 4.78 is 47.6. The highest BCUT2D eigenvalue weighted by atomic mass is 35.5. The Hall–Kier alpha value is -2.58. The predicted molar refractivity (Wildman–Crippen MR) is 112 cm³/mol. The van der Waals surface area contributed by atoms with Crippen molar-refractivity contribution in [2.24, 2.45) is 5.73 Å². The van der Waals surface area contributed by atoms with Crippen molar-refractivity contribution in [1.82, 2.24) is 9.38 Å². The van der Waals surface area contributed by atoms with Crippen LogP contribution in [0.25, 0.3) is 5.65 Å². The first-order valence-corrected chi connectivity index (χ1v) is 10.1. The number of rotatable bonds is 9. The van der Waals surface area contributed by atoms with Gasteiger partial charge in [0, 0.05) is 24.2 Å². The Kier molecular flexibility index (Phi) is 6.91. The first-order chi connectivity index (χ1) is 14.6. The van der Waals surface area contributed by atoms with Crippen molar-refractivity contribution >= 4 is 23.0 Å². The monoisotopic (exact) mass is 453 g/mol. The second kappa shape index (κ2) is 9.28. The van der Waals surface area contributed by atoms with Crippen LogP contribution in [0.15, 0.2) is 30.5 Å². The van der Waals surface area contributed by atoms with Crippen molar-refractivity contribution < 1.29 is 22.7 Å². The molecule has 2 N–H and O–H groups in total. The number of alkyl halides is 1. The molecule has 0 aliphatic heterocycles. The number of ether oxygens (including phenoxy) is 1. The number of hydrogen-bond donors (Lipinski definition) is 1. The van der Waals surface area contributed by atoms with Crippen LogP contribution in [0.3, 0.4) is 0 Å². The number of ketones is 1. The van der Waals surface area contributed by atoms with E-state index < -0.39 is 23.8 Å². The van der Waals surface area contributed by atoms with Gasteiger partial charge in [0.25, 0.3) is 0 Å². The fraction of sp³-hybridized carbons (Fsp3) is 0.364. The molecular weight excluding hydrogens is 431 g/mol. The number of nitrogens with two attached hydrogens (primary N) is 1. The van der Waals surface area contributed by atoms with Gasteiger partial charge in [-0.1, -0.05) is 17.7 Å². The zero-order chi connectivity index (χ0) is 22.8. The lowest BCUT2D eigenvalue weighted by Crippen LogP contribution is -2.37. The number of halogens is 4. The molecule has 0 spiro atoms. The SMILES string of the molecule is Cc1nc2c(OCc3c(F)cccc3F)cc(Cl)cn2c1C(=O)CCC(C)(N)CCF. The van der Waals surface area contributed by atoms with E-state index in [4.69, 9.17) is 22.1 Å². The van der Waals surface area contributed by atoms with Crippen LogP contribution in [0.1, 0.15) is 47.9 Å². The third-order valence-electron chi connectivity index (χ3n) is 5.11. The molecule has 0 aliphatic rings. The maximum atomic E-state index is 13.9. The highest BCUT2D eigenvalue weighted by Gasteiger charge is 2.24. The van der Waals surface area contributed by atoms with E-state index in [0.717, 1.165) is 12.1 Å². The number of Topliss-reactive ketones (excluding diaryl/α,β-unsaturated/α-hetero) is 1. The molecule has 3 rings (SSSR count). The summed E-state index contributed by atoms with van der Waals surface area (Å²) in [6.07, 6.45) is 2.08. The summed E-state index contributed by atoms with van der Waals surface area (Å²) in [7, 11) is 0. The quantitative estimate of drug-likeness (QED) is 0.452. The van der Waals surface area contributed by atoms with Crippen molar-refractivity contribution in [2.75, 3.05) is 6.67 Å². The fourth-order valence-corrected chi connectivity index (χ4v) is 3.51. The number of benzene rings is 1. The molecule has 31 heavy (non-hydrogen) atoms. The lowest BCUT2D eigenvalue weighted by atomic mass is 9.92. The first kappa shape index (κ1) is 23.1.